The lowest BCUT2D eigenvalue weighted by Crippen LogP contribution is -2.55. The van der Waals surface area contributed by atoms with Gasteiger partial charge in [0.05, 0.1) is 18.6 Å². The van der Waals surface area contributed by atoms with Gasteiger partial charge in [0.1, 0.15) is 0 Å². The van der Waals surface area contributed by atoms with E-state index in [9.17, 15) is 9.59 Å². The van der Waals surface area contributed by atoms with Crippen molar-refractivity contribution in [3.05, 3.63) is 46.1 Å². The third-order valence-electron chi connectivity index (χ3n) is 5.75. The Morgan fingerprint density at radius 2 is 1.97 bits per heavy atom. The van der Waals surface area contributed by atoms with Gasteiger partial charge in [-0.15, -0.1) is 0 Å². The number of nitrogens with zero attached hydrogens (tertiary/aromatic N) is 1. The number of halogens is 1. The molecule has 1 aromatic rings. The highest BCUT2D eigenvalue weighted by Crippen LogP contribution is 2.38. The molecule has 0 aromatic heterocycles. The van der Waals surface area contributed by atoms with Crippen molar-refractivity contribution in [1.82, 2.24) is 10.2 Å². The molecule has 1 aromatic carbocycles. The van der Waals surface area contributed by atoms with Crippen molar-refractivity contribution >= 4 is 23.6 Å². The number of hydrogen-bond donors (Lipinski definition) is 1. The Morgan fingerprint density at radius 3 is 2.52 bits per heavy atom. The predicted molar refractivity (Wildman–Crippen MR) is 126 cm³/mol. The molecule has 0 spiro atoms. The van der Waals surface area contributed by atoms with E-state index >= 15 is 0 Å². The number of hydrogen-bond acceptors (Lipinski definition) is 3. The predicted octanol–water partition coefficient (Wildman–Crippen LogP) is 6.05. The molecule has 1 heterocycles. The molecule has 0 saturated carbocycles. The van der Waals surface area contributed by atoms with Crippen LogP contribution in [0.5, 0.6) is 0 Å². The number of nitrogens with one attached hydrogen (secondary N) is 1. The van der Waals surface area contributed by atoms with Crippen LogP contribution in [0.15, 0.2) is 30.0 Å². The van der Waals surface area contributed by atoms with Crippen molar-refractivity contribution in [1.29, 1.82) is 0 Å². The van der Waals surface area contributed by atoms with E-state index < -0.39 is 5.54 Å². The third kappa shape index (κ3) is 6.49. The minimum Gasteiger partial charge on any atom is -0.466 e. The maximum atomic E-state index is 12.9. The van der Waals surface area contributed by atoms with Crippen molar-refractivity contribution in [3.63, 3.8) is 0 Å². The zero-order chi connectivity index (χ0) is 23.4. The number of urea groups is 1. The second-order valence-corrected chi connectivity index (χ2v) is 10.3. The van der Waals surface area contributed by atoms with Gasteiger partial charge in [0.25, 0.3) is 0 Å². The van der Waals surface area contributed by atoms with Gasteiger partial charge >= 0.3 is 12.0 Å². The number of esters is 1. The zero-order valence-electron chi connectivity index (χ0n) is 20.0. The normalized spacial score (nSPS) is 19.3. The summed E-state index contributed by atoms with van der Waals surface area (Å²) in [5.74, 6) is -0.115. The highest BCUT2D eigenvalue weighted by molar-refractivity contribution is 6.31. The Balaban J connectivity index is 2.30. The molecule has 5 nitrogen and oxygen atoms in total. The first-order valence-electron chi connectivity index (χ1n) is 11.1. The molecule has 0 radical (unpaired) electrons. The Bertz CT molecular complexity index is 842. The first kappa shape index (κ1) is 25.3. The highest BCUT2D eigenvalue weighted by Gasteiger charge is 2.39. The van der Waals surface area contributed by atoms with Crippen molar-refractivity contribution in [3.8, 4) is 0 Å². The smallest absolute Gasteiger partial charge is 0.322 e. The molecule has 1 N–H and O–H groups in total. The highest BCUT2D eigenvalue weighted by atomic mass is 35.5. The van der Waals surface area contributed by atoms with Crippen LogP contribution in [0.1, 0.15) is 72.4 Å². The molecule has 0 bridgehead atoms. The van der Waals surface area contributed by atoms with Gasteiger partial charge in [-0.25, -0.2) is 4.79 Å². The Labute approximate surface area is 192 Å². The summed E-state index contributed by atoms with van der Waals surface area (Å²) >= 11 is 6.65. The van der Waals surface area contributed by atoms with E-state index in [0.717, 1.165) is 34.6 Å². The first-order chi connectivity index (χ1) is 14.4. The van der Waals surface area contributed by atoms with Gasteiger partial charge in [-0.1, -0.05) is 58.4 Å². The number of benzene rings is 1. The Kier molecular flexibility index (Phi) is 8.21. The van der Waals surface area contributed by atoms with Crippen LogP contribution in [0, 0.1) is 11.3 Å². The van der Waals surface area contributed by atoms with E-state index in [-0.39, 0.29) is 36.3 Å². The van der Waals surface area contributed by atoms with E-state index in [1.807, 2.05) is 19.2 Å². The fourth-order valence-corrected chi connectivity index (χ4v) is 4.14. The summed E-state index contributed by atoms with van der Waals surface area (Å²) in [6, 6.07) is 5.88. The van der Waals surface area contributed by atoms with E-state index in [0.29, 0.717) is 6.61 Å². The third-order valence-corrected chi connectivity index (χ3v) is 6.10. The lowest BCUT2D eigenvalue weighted by atomic mass is 9.78. The van der Waals surface area contributed by atoms with Crippen LogP contribution in [0.4, 0.5) is 4.79 Å². The van der Waals surface area contributed by atoms with Crippen LogP contribution in [-0.2, 0) is 21.5 Å². The van der Waals surface area contributed by atoms with E-state index in [4.69, 9.17) is 16.3 Å². The number of aryl methyl sites for hydroxylation is 1. The topological polar surface area (TPSA) is 58.6 Å². The lowest BCUT2D eigenvalue weighted by Gasteiger charge is -2.42. The molecule has 1 unspecified atom stereocenters. The summed E-state index contributed by atoms with van der Waals surface area (Å²) in [5, 5.41) is 3.88. The number of carbonyl (C=O) groups is 2. The first-order valence-corrected chi connectivity index (χ1v) is 11.5. The van der Waals surface area contributed by atoms with Crippen LogP contribution in [0.3, 0.4) is 0 Å². The largest absolute Gasteiger partial charge is 0.466 e. The summed E-state index contributed by atoms with van der Waals surface area (Å²) in [6.45, 7) is 15.3. The van der Waals surface area contributed by atoms with Crippen LogP contribution in [0.2, 0.25) is 5.02 Å². The number of ether oxygens (including phenoxy) is 1. The zero-order valence-corrected chi connectivity index (χ0v) is 20.7. The summed E-state index contributed by atoms with van der Waals surface area (Å²) in [4.78, 5) is 26.2. The maximum absolute atomic E-state index is 12.9. The van der Waals surface area contributed by atoms with E-state index in [2.05, 4.69) is 52.1 Å². The minimum atomic E-state index is -0.669. The van der Waals surface area contributed by atoms with Gasteiger partial charge in [0.15, 0.2) is 0 Å². The SMILES string of the molecule is CCOC(=O)CCN1C=C(C(C)C)C(C)(c2ccc(CCC(C)(C)C)c(Cl)c2)NC1=O. The minimum absolute atomic E-state index is 0.161. The molecular weight excluding hydrogens is 412 g/mol. The van der Waals surface area contributed by atoms with Crippen molar-refractivity contribution in [2.45, 2.75) is 73.3 Å². The number of rotatable bonds is 8. The quantitative estimate of drug-likeness (QED) is 0.492. The molecule has 2 rings (SSSR count). The molecule has 0 saturated heterocycles. The molecule has 0 fully saturated rings. The number of carbonyl (C=O) groups excluding carboxylic acids is 2. The molecule has 0 aliphatic carbocycles. The molecular formula is C25H37ClN2O3. The van der Waals surface area contributed by atoms with Gasteiger partial charge in [-0.05, 0) is 60.8 Å². The average molecular weight is 449 g/mol. The van der Waals surface area contributed by atoms with Crippen LogP contribution in [0.25, 0.3) is 0 Å². The standard InChI is InChI=1S/C25H37ClN2O3/c1-8-31-22(29)12-14-28-16-20(17(2)3)25(7,27-23(28)30)19-10-9-18(21(26)15-19)11-13-24(4,5)6/h9-10,15-17H,8,11-14H2,1-7H3,(H,27,30). The fourth-order valence-electron chi connectivity index (χ4n) is 3.86. The van der Waals surface area contributed by atoms with Crippen molar-refractivity contribution in [2.75, 3.05) is 13.2 Å². The lowest BCUT2D eigenvalue weighted by molar-refractivity contribution is -0.143. The Hall–Kier alpha value is -2.01. The van der Waals surface area contributed by atoms with E-state index in [1.165, 1.54) is 0 Å². The van der Waals surface area contributed by atoms with Gasteiger partial charge < -0.3 is 15.0 Å². The summed E-state index contributed by atoms with van der Waals surface area (Å²) < 4.78 is 4.99. The van der Waals surface area contributed by atoms with E-state index in [1.54, 1.807) is 11.8 Å². The molecule has 2 amide bonds. The maximum Gasteiger partial charge on any atom is 0.322 e. The summed E-state index contributed by atoms with van der Waals surface area (Å²) in [7, 11) is 0. The van der Waals surface area contributed by atoms with Crippen molar-refractivity contribution < 1.29 is 14.3 Å². The van der Waals surface area contributed by atoms with Gasteiger partial charge in [0.2, 0.25) is 0 Å². The van der Waals surface area contributed by atoms with Crippen LogP contribution in [-0.4, -0.2) is 30.1 Å². The molecule has 1 aliphatic rings. The fraction of sp³-hybridized carbons (Fsp3) is 0.600. The van der Waals surface area contributed by atoms with Gasteiger partial charge in [-0.3, -0.25) is 4.79 Å². The second kappa shape index (κ2) is 10.1. The molecule has 172 valence electrons. The Morgan fingerprint density at radius 1 is 1.29 bits per heavy atom. The molecule has 1 aliphatic heterocycles. The number of amides is 2. The summed E-state index contributed by atoms with van der Waals surface area (Å²) in [5.41, 5.74) is 2.71. The van der Waals surface area contributed by atoms with Crippen LogP contribution < -0.4 is 5.32 Å². The molecule has 31 heavy (non-hydrogen) atoms. The molecule has 1 atom stereocenters. The summed E-state index contributed by atoms with van der Waals surface area (Å²) in [6.07, 6.45) is 4.01. The molecule has 6 heteroatoms. The van der Waals surface area contributed by atoms with Gasteiger partial charge in [-0.2, -0.15) is 0 Å². The van der Waals surface area contributed by atoms with Crippen molar-refractivity contribution in [2.24, 2.45) is 11.3 Å². The van der Waals surface area contributed by atoms with Crippen LogP contribution >= 0.6 is 11.6 Å². The monoisotopic (exact) mass is 448 g/mol. The second-order valence-electron chi connectivity index (χ2n) is 9.91. The average Bonchev–Trinajstić information content (AvgIpc) is 2.65. The van der Waals surface area contributed by atoms with Gasteiger partial charge in [0, 0.05) is 17.8 Å².